The molecule has 6 rings (SSSR count). The monoisotopic (exact) mass is 443 g/mol. The van der Waals surface area contributed by atoms with Crippen molar-refractivity contribution in [3.8, 4) is 0 Å². The van der Waals surface area contributed by atoms with Crippen molar-refractivity contribution in [1.29, 1.82) is 0 Å². The molecule has 32 heavy (non-hydrogen) atoms. The van der Waals surface area contributed by atoms with Gasteiger partial charge >= 0.3 is 0 Å². The second-order valence-corrected chi connectivity index (χ2v) is 8.76. The first-order valence-electron chi connectivity index (χ1n) is 10.6. The standard InChI is InChI=1S/C22H20F3N5O2/c23-14-7-13(8-15(24)9-14)20-29-16(12-32-20)10-22(21(29)31)2-5-28(6-3-22)18-1-4-26-19-17(25)11-27-30(18)19/h1,4,7-9,11,16,20H,2-3,5-6,10,12H2. The summed E-state index contributed by atoms with van der Waals surface area (Å²) in [4.78, 5) is 21.3. The van der Waals surface area contributed by atoms with Gasteiger partial charge in [-0.05, 0) is 37.5 Å². The van der Waals surface area contributed by atoms with E-state index in [1.807, 2.05) is 0 Å². The van der Waals surface area contributed by atoms with Crippen molar-refractivity contribution < 1.29 is 22.7 Å². The lowest BCUT2D eigenvalue weighted by molar-refractivity contribution is -0.143. The summed E-state index contributed by atoms with van der Waals surface area (Å²) in [6.07, 6.45) is 3.81. The Bertz CT molecular complexity index is 1200. The van der Waals surface area contributed by atoms with Gasteiger partial charge in [0.05, 0.1) is 24.3 Å². The average molecular weight is 443 g/mol. The normalized spacial score (nSPS) is 24.7. The van der Waals surface area contributed by atoms with Crippen molar-refractivity contribution in [2.24, 2.45) is 5.41 Å². The fourth-order valence-electron chi connectivity index (χ4n) is 5.44. The zero-order valence-electron chi connectivity index (χ0n) is 17.0. The molecule has 7 nitrogen and oxygen atoms in total. The first kappa shape index (κ1) is 19.5. The molecule has 3 aliphatic heterocycles. The third kappa shape index (κ3) is 2.82. The summed E-state index contributed by atoms with van der Waals surface area (Å²) in [5.41, 5.74) is -0.0493. The molecule has 0 radical (unpaired) electrons. The maximum Gasteiger partial charge on any atom is 0.231 e. The Morgan fingerprint density at radius 1 is 1.09 bits per heavy atom. The Morgan fingerprint density at radius 2 is 1.84 bits per heavy atom. The van der Waals surface area contributed by atoms with Crippen LogP contribution in [0.4, 0.5) is 19.0 Å². The van der Waals surface area contributed by atoms with Gasteiger partial charge in [-0.25, -0.2) is 18.2 Å². The smallest absolute Gasteiger partial charge is 0.231 e. The highest BCUT2D eigenvalue weighted by atomic mass is 19.1. The van der Waals surface area contributed by atoms with Gasteiger partial charge < -0.3 is 14.5 Å². The van der Waals surface area contributed by atoms with Crippen LogP contribution in [0.15, 0.2) is 36.7 Å². The molecule has 3 aromatic rings. The van der Waals surface area contributed by atoms with Crippen LogP contribution in [0.5, 0.6) is 0 Å². The van der Waals surface area contributed by atoms with E-state index in [2.05, 4.69) is 15.0 Å². The van der Waals surface area contributed by atoms with Gasteiger partial charge in [0.2, 0.25) is 5.91 Å². The number of carbonyl (C=O) groups is 1. The molecule has 3 saturated heterocycles. The highest BCUT2D eigenvalue weighted by molar-refractivity contribution is 5.86. The number of amides is 1. The molecule has 1 spiro atoms. The number of rotatable bonds is 2. The van der Waals surface area contributed by atoms with Gasteiger partial charge in [0.15, 0.2) is 17.7 Å². The molecule has 166 valence electrons. The molecule has 1 aromatic carbocycles. The number of hydrogen-bond donors (Lipinski definition) is 0. The number of carbonyl (C=O) groups excluding carboxylic acids is 1. The van der Waals surface area contributed by atoms with E-state index in [4.69, 9.17) is 4.74 Å². The SMILES string of the molecule is O=C1N2C(COC2c2cc(F)cc(F)c2)CC12CCN(c1ccnc3c(F)cnn13)CC2. The Balaban J connectivity index is 1.24. The van der Waals surface area contributed by atoms with E-state index in [9.17, 15) is 18.0 Å². The van der Waals surface area contributed by atoms with E-state index < -0.39 is 29.1 Å². The van der Waals surface area contributed by atoms with E-state index in [1.165, 1.54) is 16.6 Å². The van der Waals surface area contributed by atoms with Crippen molar-refractivity contribution in [3.05, 3.63) is 59.7 Å². The Hall–Kier alpha value is -3.14. The van der Waals surface area contributed by atoms with E-state index in [0.29, 0.717) is 44.5 Å². The average Bonchev–Trinajstić information content (AvgIpc) is 3.43. The van der Waals surface area contributed by atoms with Gasteiger partial charge in [-0.2, -0.15) is 9.61 Å². The van der Waals surface area contributed by atoms with E-state index in [-0.39, 0.29) is 17.6 Å². The predicted molar refractivity (Wildman–Crippen MR) is 107 cm³/mol. The van der Waals surface area contributed by atoms with Gasteiger partial charge in [-0.15, -0.1) is 0 Å². The minimum atomic E-state index is -0.776. The first-order valence-corrected chi connectivity index (χ1v) is 10.6. The van der Waals surface area contributed by atoms with Crippen molar-refractivity contribution in [3.63, 3.8) is 0 Å². The number of aromatic nitrogens is 3. The van der Waals surface area contributed by atoms with E-state index in [1.54, 1.807) is 17.2 Å². The maximum atomic E-state index is 13.9. The van der Waals surface area contributed by atoms with Crippen molar-refractivity contribution >= 4 is 17.4 Å². The minimum Gasteiger partial charge on any atom is -0.356 e. The molecule has 0 N–H and O–H groups in total. The third-order valence-corrected chi connectivity index (χ3v) is 6.96. The quantitative estimate of drug-likeness (QED) is 0.609. The van der Waals surface area contributed by atoms with Crippen LogP contribution in [0.3, 0.4) is 0 Å². The molecular weight excluding hydrogens is 423 g/mol. The van der Waals surface area contributed by atoms with Gasteiger partial charge in [-0.1, -0.05) is 0 Å². The van der Waals surface area contributed by atoms with E-state index in [0.717, 1.165) is 18.1 Å². The molecule has 1 amide bonds. The molecule has 0 aliphatic carbocycles. The number of benzene rings is 1. The number of anilines is 1. The van der Waals surface area contributed by atoms with Crippen LogP contribution in [0.25, 0.3) is 5.65 Å². The van der Waals surface area contributed by atoms with Crippen LogP contribution >= 0.6 is 0 Å². The summed E-state index contributed by atoms with van der Waals surface area (Å²) in [7, 11) is 0. The lowest BCUT2D eigenvalue weighted by Gasteiger charge is -2.39. The summed E-state index contributed by atoms with van der Waals surface area (Å²) in [6.45, 7) is 1.55. The summed E-state index contributed by atoms with van der Waals surface area (Å²) >= 11 is 0. The van der Waals surface area contributed by atoms with Crippen LogP contribution in [-0.4, -0.2) is 51.1 Å². The molecule has 3 aliphatic rings. The molecule has 10 heteroatoms. The molecule has 0 bridgehead atoms. The molecule has 3 fully saturated rings. The minimum absolute atomic E-state index is 0.0284. The van der Waals surface area contributed by atoms with Gasteiger partial charge in [0, 0.05) is 30.9 Å². The van der Waals surface area contributed by atoms with Crippen LogP contribution in [0.1, 0.15) is 31.1 Å². The molecular formula is C22H20F3N5O2. The molecule has 5 heterocycles. The summed E-state index contributed by atoms with van der Waals surface area (Å²) in [5, 5.41) is 4.09. The summed E-state index contributed by atoms with van der Waals surface area (Å²) in [6, 6.07) is 4.91. The number of piperidine rings is 1. The lowest BCUT2D eigenvalue weighted by atomic mass is 9.76. The molecule has 2 aromatic heterocycles. The van der Waals surface area contributed by atoms with E-state index >= 15 is 0 Å². The van der Waals surface area contributed by atoms with Crippen LogP contribution in [0, 0.1) is 22.9 Å². The molecule has 0 saturated carbocycles. The third-order valence-electron chi connectivity index (χ3n) is 6.96. The highest BCUT2D eigenvalue weighted by Gasteiger charge is 2.57. The zero-order valence-corrected chi connectivity index (χ0v) is 17.0. The largest absolute Gasteiger partial charge is 0.356 e. The number of nitrogens with zero attached hydrogens (tertiary/aromatic N) is 5. The Kier molecular flexibility index (Phi) is 4.23. The van der Waals surface area contributed by atoms with Crippen molar-refractivity contribution in [2.75, 3.05) is 24.6 Å². The predicted octanol–water partition coefficient (Wildman–Crippen LogP) is 3.06. The Morgan fingerprint density at radius 3 is 2.59 bits per heavy atom. The van der Waals surface area contributed by atoms with Gasteiger partial charge in [-0.3, -0.25) is 4.79 Å². The number of ether oxygens (including phenoxy) is 1. The summed E-state index contributed by atoms with van der Waals surface area (Å²) < 4.78 is 48.6. The number of hydrogen-bond acceptors (Lipinski definition) is 5. The molecule has 2 atom stereocenters. The molecule has 2 unspecified atom stereocenters. The topological polar surface area (TPSA) is 63.0 Å². The maximum absolute atomic E-state index is 13.9. The fraction of sp³-hybridized carbons (Fsp3) is 0.409. The highest BCUT2D eigenvalue weighted by Crippen LogP contribution is 2.50. The van der Waals surface area contributed by atoms with Gasteiger partial charge in [0.25, 0.3) is 0 Å². The van der Waals surface area contributed by atoms with Crippen LogP contribution < -0.4 is 4.90 Å². The number of fused-ring (bicyclic) bond motifs is 2. The fourth-order valence-corrected chi connectivity index (χ4v) is 5.44. The second-order valence-electron chi connectivity index (χ2n) is 8.76. The Labute approximate surface area is 181 Å². The lowest BCUT2D eigenvalue weighted by Crippen LogP contribution is -2.45. The van der Waals surface area contributed by atoms with Gasteiger partial charge in [0.1, 0.15) is 17.5 Å². The summed E-state index contributed by atoms with van der Waals surface area (Å²) in [5.74, 6) is -1.16. The van der Waals surface area contributed by atoms with Crippen molar-refractivity contribution in [1.82, 2.24) is 19.5 Å². The number of halogens is 3. The first-order chi connectivity index (χ1) is 15.4. The van der Waals surface area contributed by atoms with Crippen molar-refractivity contribution in [2.45, 2.75) is 31.5 Å². The zero-order chi connectivity index (χ0) is 22.0. The second kappa shape index (κ2) is 6.93. The van der Waals surface area contributed by atoms with Crippen LogP contribution in [-0.2, 0) is 9.53 Å². The van der Waals surface area contributed by atoms with Crippen LogP contribution in [0.2, 0.25) is 0 Å².